The predicted molar refractivity (Wildman–Crippen MR) is 145 cm³/mol. The maximum Gasteiger partial charge on any atom is 0.501 e. The number of rotatable bonds is 6. The predicted octanol–water partition coefficient (Wildman–Crippen LogP) is 5.16. The summed E-state index contributed by atoms with van der Waals surface area (Å²) in [6.45, 7) is 2.42. The second-order valence-electron chi connectivity index (χ2n) is 9.63. The van der Waals surface area contributed by atoms with E-state index in [1.54, 1.807) is 35.8 Å². The highest BCUT2D eigenvalue weighted by atomic mass is 32.2. The summed E-state index contributed by atoms with van der Waals surface area (Å²) in [5, 5.41) is 19.2. The van der Waals surface area contributed by atoms with Crippen LogP contribution in [0.15, 0.2) is 53.7 Å². The molecule has 0 saturated heterocycles. The van der Waals surface area contributed by atoms with Gasteiger partial charge in [0.2, 0.25) is 5.95 Å². The van der Waals surface area contributed by atoms with E-state index in [0.29, 0.717) is 53.3 Å². The summed E-state index contributed by atoms with van der Waals surface area (Å²) in [6, 6.07) is 10.3. The smallest absolute Gasteiger partial charge is 0.494 e. The molecule has 2 aromatic heterocycles. The van der Waals surface area contributed by atoms with Gasteiger partial charge in [-0.1, -0.05) is 18.6 Å². The SMILES string of the molecule is COc1cc(Nc2nc3n(n2)CCCCC3c2ccc(S(=O)(=O)C(F)(F)F)cc2)ccc1-n1cnc(C)n1.O=C(O)C(F)(F)F. The van der Waals surface area contributed by atoms with Gasteiger partial charge in [0, 0.05) is 24.2 Å². The Morgan fingerprint density at radius 1 is 1.04 bits per heavy atom. The quantitative estimate of drug-likeness (QED) is 0.265. The third kappa shape index (κ3) is 7.52. The fourth-order valence-electron chi connectivity index (χ4n) is 4.43. The molecule has 19 heteroatoms. The van der Waals surface area contributed by atoms with Crippen LogP contribution in [0.2, 0.25) is 0 Å². The summed E-state index contributed by atoms with van der Waals surface area (Å²) in [7, 11) is -3.86. The topological polar surface area (TPSA) is 154 Å². The Labute approximate surface area is 251 Å². The molecule has 0 bridgehead atoms. The molecule has 4 aromatic rings. The molecular weight excluding hydrogens is 636 g/mol. The molecule has 2 aromatic carbocycles. The number of hydrogen-bond donors (Lipinski definition) is 2. The van der Waals surface area contributed by atoms with E-state index in [1.807, 2.05) is 12.1 Å². The summed E-state index contributed by atoms with van der Waals surface area (Å²) < 4.78 is 103. The number of anilines is 2. The van der Waals surface area contributed by atoms with Crippen LogP contribution in [0.25, 0.3) is 5.69 Å². The molecule has 0 spiro atoms. The largest absolute Gasteiger partial charge is 0.501 e. The summed E-state index contributed by atoms with van der Waals surface area (Å²) >= 11 is 0. The molecule has 1 aliphatic heterocycles. The van der Waals surface area contributed by atoms with Crippen molar-refractivity contribution in [1.82, 2.24) is 29.5 Å². The van der Waals surface area contributed by atoms with Gasteiger partial charge in [-0.05, 0) is 49.6 Å². The number of carboxylic acid groups (broad SMARTS) is 1. The van der Waals surface area contributed by atoms with E-state index in [1.165, 1.54) is 12.1 Å². The molecule has 1 aliphatic rings. The monoisotopic (exact) mass is 661 g/mol. The number of benzene rings is 2. The van der Waals surface area contributed by atoms with Crippen LogP contribution in [0, 0.1) is 6.92 Å². The molecule has 12 nitrogen and oxygen atoms in total. The lowest BCUT2D eigenvalue weighted by molar-refractivity contribution is -0.192. The molecule has 0 fully saturated rings. The molecule has 5 rings (SSSR count). The molecule has 242 valence electrons. The van der Waals surface area contributed by atoms with Gasteiger partial charge in [-0.3, -0.25) is 0 Å². The molecule has 0 amide bonds. The van der Waals surface area contributed by atoms with Crippen molar-refractivity contribution in [2.75, 3.05) is 12.4 Å². The summed E-state index contributed by atoms with van der Waals surface area (Å²) in [6.07, 6.45) is -1.07. The molecule has 0 aliphatic carbocycles. The lowest BCUT2D eigenvalue weighted by Gasteiger charge is -2.15. The summed E-state index contributed by atoms with van der Waals surface area (Å²) in [4.78, 5) is 16.9. The fourth-order valence-corrected chi connectivity index (χ4v) is 5.19. The first-order valence-electron chi connectivity index (χ1n) is 13.0. The molecule has 1 atom stereocenters. The average Bonchev–Trinajstić information content (AvgIpc) is 3.52. The lowest BCUT2D eigenvalue weighted by Crippen LogP contribution is -2.23. The summed E-state index contributed by atoms with van der Waals surface area (Å²) in [5.74, 6) is -0.813. The zero-order valence-corrected chi connectivity index (χ0v) is 24.3. The highest BCUT2D eigenvalue weighted by molar-refractivity contribution is 7.92. The van der Waals surface area contributed by atoms with Gasteiger partial charge >= 0.3 is 17.7 Å². The first-order chi connectivity index (χ1) is 21.0. The van der Waals surface area contributed by atoms with Crippen LogP contribution < -0.4 is 10.1 Å². The number of methoxy groups -OCH3 is 1. The number of fused-ring (bicyclic) bond motifs is 1. The maximum absolute atomic E-state index is 12.9. The van der Waals surface area contributed by atoms with Crippen LogP contribution in [0.5, 0.6) is 5.75 Å². The minimum Gasteiger partial charge on any atom is -0.494 e. The van der Waals surface area contributed by atoms with Crippen molar-refractivity contribution in [3.63, 3.8) is 0 Å². The normalized spacial score (nSPS) is 15.3. The van der Waals surface area contributed by atoms with Gasteiger partial charge in [0.1, 0.15) is 29.4 Å². The van der Waals surface area contributed by atoms with Crippen molar-refractivity contribution >= 4 is 27.4 Å². The van der Waals surface area contributed by atoms with E-state index in [2.05, 4.69) is 25.5 Å². The number of halogens is 6. The zero-order valence-electron chi connectivity index (χ0n) is 23.5. The second-order valence-corrected chi connectivity index (χ2v) is 11.6. The lowest BCUT2D eigenvalue weighted by atomic mass is 9.94. The second kappa shape index (κ2) is 12.7. The van der Waals surface area contributed by atoms with E-state index in [-0.39, 0.29) is 5.92 Å². The van der Waals surface area contributed by atoms with Gasteiger partial charge in [-0.15, -0.1) is 5.10 Å². The van der Waals surface area contributed by atoms with Crippen LogP contribution in [0.1, 0.15) is 42.4 Å². The Balaban J connectivity index is 0.000000591. The van der Waals surface area contributed by atoms with Gasteiger partial charge in [0.15, 0.2) is 0 Å². The number of ether oxygens (including phenoxy) is 1. The number of aromatic nitrogens is 6. The van der Waals surface area contributed by atoms with Crippen LogP contribution in [-0.2, 0) is 21.2 Å². The molecule has 1 unspecified atom stereocenters. The third-order valence-corrected chi connectivity index (χ3v) is 8.06. The van der Waals surface area contributed by atoms with Crippen LogP contribution in [0.4, 0.5) is 38.0 Å². The van der Waals surface area contributed by atoms with E-state index in [0.717, 1.165) is 25.0 Å². The van der Waals surface area contributed by atoms with Gasteiger partial charge in [-0.2, -0.15) is 36.4 Å². The Kier molecular flexibility index (Phi) is 9.40. The molecule has 0 radical (unpaired) electrons. The highest BCUT2D eigenvalue weighted by Crippen LogP contribution is 2.35. The van der Waals surface area contributed by atoms with Gasteiger partial charge in [-0.25, -0.2) is 27.6 Å². The van der Waals surface area contributed by atoms with Crippen LogP contribution >= 0.6 is 0 Å². The molecule has 3 heterocycles. The van der Waals surface area contributed by atoms with Crippen molar-refractivity contribution in [3.05, 3.63) is 66.0 Å². The van der Waals surface area contributed by atoms with Crippen molar-refractivity contribution < 1.29 is 49.4 Å². The Morgan fingerprint density at radius 3 is 2.27 bits per heavy atom. The van der Waals surface area contributed by atoms with E-state index < -0.39 is 32.4 Å². The van der Waals surface area contributed by atoms with Crippen LogP contribution in [-0.4, -0.2) is 67.8 Å². The van der Waals surface area contributed by atoms with E-state index in [9.17, 15) is 34.8 Å². The Morgan fingerprint density at radius 2 is 1.71 bits per heavy atom. The Bertz CT molecular complexity index is 1770. The number of carbonyl (C=O) groups is 1. The molecular formula is C26H25F6N7O5S. The fraction of sp³-hybridized carbons (Fsp3) is 0.346. The van der Waals surface area contributed by atoms with E-state index in [4.69, 9.17) is 14.6 Å². The minimum absolute atomic E-state index is 0.254. The van der Waals surface area contributed by atoms with Gasteiger partial charge in [0.05, 0.1) is 12.0 Å². The number of aliphatic carboxylic acids is 1. The van der Waals surface area contributed by atoms with Crippen molar-refractivity contribution in [2.45, 2.75) is 55.2 Å². The minimum atomic E-state index is -5.41. The number of nitrogens with zero attached hydrogens (tertiary/aromatic N) is 6. The third-order valence-electron chi connectivity index (χ3n) is 6.55. The number of alkyl halides is 6. The van der Waals surface area contributed by atoms with Crippen molar-refractivity contribution in [3.8, 4) is 11.4 Å². The number of hydrogen-bond acceptors (Lipinski definition) is 9. The number of sulfone groups is 1. The van der Waals surface area contributed by atoms with Gasteiger partial charge < -0.3 is 15.2 Å². The first kappa shape index (κ1) is 33.2. The molecule has 0 saturated carbocycles. The van der Waals surface area contributed by atoms with E-state index >= 15 is 0 Å². The van der Waals surface area contributed by atoms with Crippen molar-refractivity contribution in [1.29, 1.82) is 0 Å². The number of carboxylic acids is 1. The average molecular weight is 662 g/mol. The maximum atomic E-state index is 12.9. The molecule has 2 N–H and O–H groups in total. The molecule has 45 heavy (non-hydrogen) atoms. The summed E-state index contributed by atoms with van der Waals surface area (Å²) in [5.41, 5.74) is -3.29. The number of nitrogens with one attached hydrogen (secondary N) is 1. The standard InChI is InChI=1S/C24H24F3N7O3S.C2HF3O2/c1-15-28-14-34(31-15)20-11-8-17(13-21(20)37-2)29-23-30-22-19(5-3-4-12-33(22)32-23)16-6-9-18(10-7-16)38(35,36)24(25,26)27;3-2(4,5)1(6)7/h6-11,13-14,19H,3-5,12H2,1-2H3,(H,29,32);(H,6,7). The van der Waals surface area contributed by atoms with Crippen LogP contribution in [0.3, 0.4) is 0 Å². The highest BCUT2D eigenvalue weighted by Gasteiger charge is 2.46. The van der Waals surface area contributed by atoms with Gasteiger partial charge in [0.25, 0.3) is 9.84 Å². The number of aryl methyl sites for hydroxylation is 2. The first-order valence-corrected chi connectivity index (χ1v) is 14.5. The zero-order chi connectivity index (χ0) is 33.2. The Hall–Kier alpha value is -4.68. The van der Waals surface area contributed by atoms with Crippen molar-refractivity contribution in [2.24, 2.45) is 0 Å².